The first-order valence-corrected chi connectivity index (χ1v) is 5.43. The highest BCUT2D eigenvalue weighted by atomic mass is 16.4. The lowest BCUT2D eigenvalue weighted by molar-refractivity contribution is -0.142. The molecule has 0 aromatic carbocycles. The Kier molecular flexibility index (Phi) is 4.62. The standard InChI is InChI=1S/C10H16N4O3/c1-3-4-8(10(16)17)13-9(15)7(2)14-6-11-5-12-14/h5-8H,3-4H2,1-2H3,(H,13,15)(H,16,17)/t7?,8-/m1/s1. The van der Waals surface area contributed by atoms with Crippen LogP contribution in [0.25, 0.3) is 0 Å². The minimum Gasteiger partial charge on any atom is -0.480 e. The summed E-state index contributed by atoms with van der Waals surface area (Å²) in [6.45, 7) is 3.50. The summed E-state index contributed by atoms with van der Waals surface area (Å²) >= 11 is 0. The largest absolute Gasteiger partial charge is 0.480 e. The van der Waals surface area contributed by atoms with Gasteiger partial charge in [-0.05, 0) is 13.3 Å². The van der Waals surface area contributed by atoms with Gasteiger partial charge < -0.3 is 10.4 Å². The maximum absolute atomic E-state index is 11.8. The van der Waals surface area contributed by atoms with Crippen LogP contribution >= 0.6 is 0 Å². The van der Waals surface area contributed by atoms with Gasteiger partial charge in [-0.15, -0.1) is 0 Å². The van der Waals surface area contributed by atoms with Crippen LogP contribution < -0.4 is 5.32 Å². The van der Waals surface area contributed by atoms with Crippen LogP contribution in [0, 0.1) is 0 Å². The molecule has 1 aromatic heterocycles. The Morgan fingerprint density at radius 2 is 2.24 bits per heavy atom. The van der Waals surface area contributed by atoms with E-state index in [4.69, 9.17) is 5.11 Å². The summed E-state index contributed by atoms with van der Waals surface area (Å²) in [7, 11) is 0. The molecule has 0 spiro atoms. The normalized spacial score (nSPS) is 14.0. The fourth-order valence-corrected chi connectivity index (χ4v) is 1.38. The Bertz CT molecular complexity index is 377. The van der Waals surface area contributed by atoms with E-state index in [1.54, 1.807) is 6.92 Å². The van der Waals surface area contributed by atoms with Gasteiger partial charge in [0.15, 0.2) is 0 Å². The van der Waals surface area contributed by atoms with Gasteiger partial charge in [-0.2, -0.15) is 5.10 Å². The lowest BCUT2D eigenvalue weighted by atomic mass is 10.1. The monoisotopic (exact) mass is 240 g/mol. The van der Waals surface area contributed by atoms with E-state index in [0.717, 1.165) is 0 Å². The maximum atomic E-state index is 11.8. The lowest BCUT2D eigenvalue weighted by Gasteiger charge is -2.17. The number of nitrogens with one attached hydrogen (secondary N) is 1. The summed E-state index contributed by atoms with van der Waals surface area (Å²) in [5.41, 5.74) is 0. The Morgan fingerprint density at radius 3 is 2.71 bits per heavy atom. The van der Waals surface area contributed by atoms with E-state index in [0.29, 0.717) is 12.8 Å². The van der Waals surface area contributed by atoms with Crippen molar-refractivity contribution in [3.8, 4) is 0 Å². The molecular weight excluding hydrogens is 224 g/mol. The summed E-state index contributed by atoms with van der Waals surface area (Å²) in [6.07, 6.45) is 3.84. The number of aromatic nitrogens is 3. The van der Waals surface area contributed by atoms with Crippen LogP contribution in [0.1, 0.15) is 32.7 Å². The minimum atomic E-state index is -1.02. The molecule has 1 amide bonds. The Hall–Kier alpha value is -1.92. The molecule has 0 aliphatic rings. The third-order valence-electron chi connectivity index (χ3n) is 2.40. The quantitative estimate of drug-likeness (QED) is 0.740. The molecule has 94 valence electrons. The average molecular weight is 240 g/mol. The van der Waals surface area contributed by atoms with Gasteiger partial charge in [0.05, 0.1) is 0 Å². The predicted octanol–water partition coefficient (Wildman–Crippen LogP) is 0.209. The number of hydrogen-bond acceptors (Lipinski definition) is 4. The van der Waals surface area contributed by atoms with E-state index in [9.17, 15) is 9.59 Å². The molecule has 1 aromatic rings. The predicted molar refractivity (Wildman–Crippen MR) is 59.2 cm³/mol. The Balaban J connectivity index is 2.61. The van der Waals surface area contributed by atoms with Crippen molar-refractivity contribution in [2.45, 2.75) is 38.8 Å². The molecule has 0 saturated carbocycles. The van der Waals surface area contributed by atoms with Gasteiger partial charge in [0.2, 0.25) is 5.91 Å². The molecule has 0 radical (unpaired) electrons. The van der Waals surface area contributed by atoms with E-state index in [1.807, 2.05) is 6.92 Å². The number of carboxylic acid groups (broad SMARTS) is 1. The molecule has 0 aliphatic carbocycles. The van der Waals surface area contributed by atoms with Crippen LogP contribution in [-0.4, -0.2) is 37.8 Å². The van der Waals surface area contributed by atoms with E-state index >= 15 is 0 Å². The zero-order valence-electron chi connectivity index (χ0n) is 9.83. The zero-order chi connectivity index (χ0) is 12.8. The van der Waals surface area contributed by atoms with Crippen molar-refractivity contribution >= 4 is 11.9 Å². The second-order valence-corrected chi connectivity index (χ2v) is 3.74. The third-order valence-corrected chi connectivity index (χ3v) is 2.40. The number of hydrogen-bond donors (Lipinski definition) is 2. The van der Waals surface area contributed by atoms with Crippen molar-refractivity contribution in [2.75, 3.05) is 0 Å². The number of carbonyl (C=O) groups excluding carboxylic acids is 1. The van der Waals surface area contributed by atoms with Gasteiger partial charge in [-0.3, -0.25) is 4.79 Å². The molecule has 17 heavy (non-hydrogen) atoms. The highest BCUT2D eigenvalue weighted by Crippen LogP contribution is 2.04. The van der Waals surface area contributed by atoms with E-state index in [1.165, 1.54) is 17.3 Å². The molecule has 1 unspecified atom stereocenters. The zero-order valence-corrected chi connectivity index (χ0v) is 9.83. The van der Waals surface area contributed by atoms with E-state index in [-0.39, 0.29) is 5.91 Å². The summed E-state index contributed by atoms with van der Waals surface area (Å²) in [5.74, 6) is -1.40. The molecule has 1 heterocycles. The molecule has 2 N–H and O–H groups in total. The smallest absolute Gasteiger partial charge is 0.326 e. The van der Waals surface area contributed by atoms with Crippen LogP contribution in [0.4, 0.5) is 0 Å². The molecule has 0 saturated heterocycles. The second-order valence-electron chi connectivity index (χ2n) is 3.74. The van der Waals surface area contributed by atoms with Crippen molar-refractivity contribution < 1.29 is 14.7 Å². The van der Waals surface area contributed by atoms with Gasteiger partial charge in [0.25, 0.3) is 0 Å². The van der Waals surface area contributed by atoms with E-state index in [2.05, 4.69) is 15.4 Å². The topological polar surface area (TPSA) is 97.1 Å². The molecule has 0 fully saturated rings. The van der Waals surface area contributed by atoms with Crippen LogP contribution in [0.15, 0.2) is 12.7 Å². The van der Waals surface area contributed by atoms with Crippen LogP contribution in [-0.2, 0) is 9.59 Å². The van der Waals surface area contributed by atoms with Crippen molar-refractivity contribution in [2.24, 2.45) is 0 Å². The van der Waals surface area contributed by atoms with Gasteiger partial charge in [0.1, 0.15) is 24.7 Å². The highest BCUT2D eigenvalue weighted by Gasteiger charge is 2.23. The number of rotatable bonds is 6. The van der Waals surface area contributed by atoms with Crippen molar-refractivity contribution in [3.05, 3.63) is 12.7 Å². The first-order chi connectivity index (χ1) is 8.06. The minimum absolute atomic E-state index is 0.378. The average Bonchev–Trinajstić information content (AvgIpc) is 2.80. The number of aliphatic carboxylic acids is 1. The Morgan fingerprint density at radius 1 is 1.53 bits per heavy atom. The molecule has 0 aliphatic heterocycles. The van der Waals surface area contributed by atoms with Crippen LogP contribution in [0.3, 0.4) is 0 Å². The Labute approximate surface area is 98.8 Å². The van der Waals surface area contributed by atoms with Crippen LogP contribution in [0.2, 0.25) is 0 Å². The number of nitrogens with zero attached hydrogens (tertiary/aromatic N) is 3. The molecule has 1 rings (SSSR count). The molecule has 7 nitrogen and oxygen atoms in total. The summed E-state index contributed by atoms with van der Waals surface area (Å²) in [6, 6.07) is -1.42. The number of carbonyl (C=O) groups is 2. The fourth-order valence-electron chi connectivity index (χ4n) is 1.38. The summed E-state index contributed by atoms with van der Waals surface area (Å²) < 4.78 is 1.38. The first kappa shape index (κ1) is 13.1. The number of amides is 1. The third kappa shape index (κ3) is 3.54. The van der Waals surface area contributed by atoms with Gasteiger partial charge >= 0.3 is 5.97 Å². The van der Waals surface area contributed by atoms with Gasteiger partial charge in [-0.25, -0.2) is 14.5 Å². The molecule has 2 atom stereocenters. The maximum Gasteiger partial charge on any atom is 0.326 e. The molecule has 7 heteroatoms. The summed E-state index contributed by atoms with van der Waals surface area (Å²) in [4.78, 5) is 26.4. The SMILES string of the molecule is CCC[C@@H](NC(=O)C(C)n1cncn1)C(=O)O. The lowest BCUT2D eigenvalue weighted by Crippen LogP contribution is -2.43. The molecular formula is C10H16N4O3. The fraction of sp³-hybridized carbons (Fsp3) is 0.600. The molecule has 0 bridgehead atoms. The first-order valence-electron chi connectivity index (χ1n) is 5.43. The van der Waals surface area contributed by atoms with Crippen molar-refractivity contribution in [1.29, 1.82) is 0 Å². The van der Waals surface area contributed by atoms with E-state index < -0.39 is 18.1 Å². The van der Waals surface area contributed by atoms with Gasteiger partial charge in [0, 0.05) is 0 Å². The second kappa shape index (κ2) is 5.97. The summed E-state index contributed by atoms with van der Waals surface area (Å²) in [5, 5.41) is 15.2. The van der Waals surface area contributed by atoms with Crippen LogP contribution in [0.5, 0.6) is 0 Å². The number of carboxylic acids is 1. The highest BCUT2D eigenvalue weighted by molar-refractivity contribution is 5.85. The van der Waals surface area contributed by atoms with Crippen molar-refractivity contribution in [3.63, 3.8) is 0 Å². The van der Waals surface area contributed by atoms with Crippen molar-refractivity contribution in [1.82, 2.24) is 20.1 Å². The van der Waals surface area contributed by atoms with Gasteiger partial charge in [-0.1, -0.05) is 13.3 Å².